The second-order valence-electron chi connectivity index (χ2n) is 5.18. The van der Waals surface area contributed by atoms with Crippen molar-refractivity contribution in [2.75, 3.05) is 27.4 Å². The Morgan fingerprint density at radius 2 is 1.54 bits per heavy atom. The van der Waals surface area contributed by atoms with E-state index in [0.717, 1.165) is 0 Å². The summed E-state index contributed by atoms with van der Waals surface area (Å²) in [5.41, 5.74) is -2.22. The molecule has 0 amide bonds. The Balaban J connectivity index is 6.14. The molecule has 24 heavy (non-hydrogen) atoms. The topological polar surface area (TPSA) is 136 Å². The number of methoxy groups -OCH3 is 2. The van der Waals surface area contributed by atoms with Crippen molar-refractivity contribution < 1.29 is 43.6 Å². The molecule has 0 aromatic heterocycles. The van der Waals surface area contributed by atoms with Crippen LogP contribution in [-0.2, 0) is 33.4 Å². The van der Waals surface area contributed by atoms with Gasteiger partial charge in [0.1, 0.15) is 19.3 Å². The molecule has 0 saturated heterocycles. The highest BCUT2D eigenvalue weighted by Crippen LogP contribution is 2.37. The standard InChI is InChI=1S/C15H24O9/c1-5-9(13(18)19)12(24-11(17)8-23-4)15(6-2,14(20)21)10(16)7-22-3/h9,12H,5-8H2,1-4H3,(H,18,19)(H,20,21). The molecule has 0 aliphatic carbocycles. The summed E-state index contributed by atoms with van der Waals surface area (Å²) in [7, 11) is 2.44. The van der Waals surface area contributed by atoms with E-state index in [1.165, 1.54) is 28.1 Å². The molecule has 3 atom stereocenters. The maximum absolute atomic E-state index is 12.4. The van der Waals surface area contributed by atoms with Crippen LogP contribution in [-0.4, -0.2) is 67.4 Å². The third-order valence-electron chi connectivity index (χ3n) is 3.84. The Kier molecular flexibility index (Phi) is 9.16. The number of carboxylic acid groups (broad SMARTS) is 2. The molecule has 0 radical (unpaired) electrons. The van der Waals surface area contributed by atoms with Crippen molar-refractivity contribution in [3.63, 3.8) is 0 Å². The monoisotopic (exact) mass is 348 g/mol. The van der Waals surface area contributed by atoms with Gasteiger partial charge in [-0.1, -0.05) is 13.8 Å². The van der Waals surface area contributed by atoms with E-state index in [-0.39, 0.29) is 12.8 Å². The minimum absolute atomic E-state index is 0.0322. The molecule has 0 saturated carbocycles. The molecular formula is C15H24O9. The van der Waals surface area contributed by atoms with E-state index in [1.807, 2.05) is 0 Å². The number of aliphatic carboxylic acids is 2. The lowest BCUT2D eigenvalue weighted by Gasteiger charge is -2.37. The first-order valence-electron chi connectivity index (χ1n) is 7.39. The summed E-state index contributed by atoms with van der Waals surface area (Å²) >= 11 is 0. The fraction of sp³-hybridized carbons (Fsp3) is 0.733. The first-order chi connectivity index (χ1) is 11.2. The fourth-order valence-electron chi connectivity index (χ4n) is 2.55. The van der Waals surface area contributed by atoms with Gasteiger partial charge in [0.05, 0.1) is 5.92 Å². The molecule has 0 heterocycles. The summed E-state index contributed by atoms with van der Waals surface area (Å²) in [6.07, 6.45) is -1.98. The normalized spacial score (nSPS) is 15.8. The maximum atomic E-state index is 12.4. The number of hydrogen-bond donors (Lipinski definition) is 2. The number of carboxylic acids is 2. The van der Waals surface area contributed by atoms with Gasteiger partial charge in [-0.05, 0) is 12.8 Å². The van der Waals surface area contributed by atoms with Crippen LogP contribution in [0.4, 0.5) is 0 Å². The predicted octanol–water partition coefficient (Wildman–Crippen LogP) is 0.352. The van der Waals surface area contributed by atoms with Crippen LogP contribution < -0.4 is 0 Å². The highest BCUT2D eigenvalue weighted by atomic mass is 16.6. The second kappa shape index (κ2) is 9.99. The molecule has 0 aliphatic heterocycles. The number of ketones is 1. The third kappa shape index (κ3) is 4.75. The number of rotatable bonds is 12. The van der Waals surface area contributed by atoms with E-state index in [0.29, 0.717) is 0 Å². The minimum atomic E-state index is -2.22. The first kappa shape index (κ1) is 22.0. The maximum Gasteiger partial charge on any atom is 0.332 e. The Bertz CT molecular complexity index is 474. The van der Waals surface area contributed by atoms with Crippen LogP contribution in [0.2, 0.25) is 0 Å². The van der Waals surface area contributed by atoms with Gasteiger partial charge in [-0.2, -0.15) is 0 Å². The van der Waals surface area contributed by atoms with Crippen LogP contribution in [0.25, 0.3) is 0 Å². The zero-order valence-corrected chi connectivity index (χ0v) is 14.2. The Hall–Kier alpha value is -2.00. The molecule has 3 unspecified atom stereocenters. The molecule has 0 bridgehead atoms. The van der Waals surface area contributed by atoms with Crippen LogP contribution in [0, 0.1) is 11.3 Å². The molecule has 2 N–H and O–H groups in total. The van der Waals surface area contributed by atoms with Crippen LogP contribution in [0.3, 0.4) is 0 Å². The van der Waals surface area contributed by atoms with Gasteiger partial charge in [-0.25, -0.2) is 4.79 Å². The zero-order chi connectivity index (χ0) is 18.9. The summed E-state index contributed by atoms with van der Waals surface area (Å²) < 4.78 is 14.4. The van der Waals surface area contributed by atoms with E-state index in [2.05, 4.69) is 4.74 Å². The number of hydrogen-bond acceptors (Lipinski definition) is 7. The largest absolute Gasteiger partial charge is 0.481 e. The molecule has 0 spiro atoms. The van der Waals surface area contributed by atoms with E-state index >= 15 is 0 Å². The molecule has 138 valence electrons. The highest BCUT2D eigenvalue weighted by molar-refractivity contribution is 6.05. The second-order valence-corrected chi connectivity index (χ2v) is 5.18. The molecule has 9 nitrogen and oxygen atoms in total. The fourth-order valence-corrected chi connectivity index (χ4v) is 2.55. The summed E-state index contributed by atoms with van der Waals surface area (Å²) in [5.74, 6) is -6.12. The van der Waals surface area contributed by atoms with E-state index in [4.69, 9.17) is 9.47 Å². The molecule has 0 aromatic carbocycles. The Morgan fingerprint density at radius 3 is 1.88 bits per heavy atom. The SMILES string of the molecule is CCC(C(=O)O)C(OC(=O)COC)C(CC)(C(=O)O)C(=O)COC. The van der Waals surface area contributed by atoms with Crippen molar-refractivity contribution in [2.24, 2.45) is 11.3 Å². The number of carbonyl (C=O) groups is 4. The number of ether oxygens (including phenoxy) is 3. The minimum Gasteiger partial charge on any atom is -0.481 e. The summed E-state index contributed by atoms with van der Waals surface area (Å²) in [5, 5.41) is 19.0. The lowest BCUT2D eigenvalue weighted by Crippen LogP contribution is -2.56. The van der Waals surface area contributed by atoms with Crippen molar-refractivity contribution in [2.45, 2.75) is 32.8 Å². The van der Waals surface area contributed by atoms with E-state index < -0.39 is 54.3 Å². The van der Waals surface area contributed by atoms with Gasteiger partial charge in [0.25, 0.3) is 0 Å². The van der Waals surface area contributed by atoms with E-state index in [9.17, 15) is 29.4 Å². The lowest BCUT2D eigenvalue weighted by atomic mass is 9.70. The average molecular weight is 348 g/mol. The molecule has 9 heteroatoms. The molecule has 0 rings (SSSR count). The van der Waals surface area contributed by atoms with Crippen molar-refractivity contribution in [3.8, 4) is 0 Å². The van der Waals surface area contributed by atoms with Gasteiger partial charge in [-0.3, -0.25) is 14.4 Å². The van der Waals surface area contributed by atoms with Gasteiger partial charge in [0.2, 0.25) is 0 Å². The van der Waals surface area contributed by atoms with Gasteiger partial charge in [-0.15, -0.1) is 0 Å². The van der Waals surface area contributed by atoms with Crippen LogP contribution >= 0.6 is 0 Å². The predicted molar refractivity (Wildman–Crippen MR) is 80.4 cm³/mol. The van der Waals surface area contributed by atoms with Crippen LogP contribution in [0.5, 0.6) is 0 Å². The third-order valence-corrected chi connectivity index (χ3v) is 3.84. The van der Waals surface area contributed by atoms with Crippen molar-refractivity contribution in [3.05, 3.63) is 0 Å². The van der Waals surface area contributed by atoms with Crippen molar-refractivity contribution >= 4 is 23.7 Å². The first-order valence-corrected chi connectivity index (χ1v) is 7.39. The quantitative estimate of drug-likeness (QED) is 0.378. The van der Waals surface area contributed by atoms with Gasteiger partial charge in [0, 0.05) is 14.2 Å². The zero-order valence-electron chi connectivity index (χ0n) is 14.2. The van der Waals surface area contributed by atoms with Gasteiger partial charge in [0.15, 0.2) is 11.2 Å². The molecule has 0 fully saturated rings. The summed E-state index contributed by atoms with van der Waals surface area (Å²) in [6.45, 7) is 1.87. The number of Topliss-reactive ketones (excluding diaryl/α,β-unsaturated/α-hetero) is 1. The average Bonchev–Trinajstić information content (AvgIpc) is 2.48. The van der Waals surface area contributed by atoms with Gasteiger partial charge < -0.3 is 24.4 Å². The van der Waals surface area contributed by atoms with Crippen molar-refractivity contribution in [1.29, 1.82) is 0 Å². The lowest BCUT2D eigenvalue weighted by molar-refractivity contribution is -0.184. The van der Waals surface area contributed by atoms with E-state index in [1.54, 1.807) is 0 Å². The van der Waals surface area contributed by atoms with Crippen molar-refractivity contribution in [1.82, 2.24) is 0 Å². The molecular weight excluding hydrogens is 324 g/mol. The Labute approximate surface area is 139 Å². The number of carbonyl (C=O) groups excluding carboxylic acids is 2. The summed E-state index contributed by atoms with van der Waals surface area (Å²) in [4.78, 5) is 47.6. The van der Waals surface area contributed by atoms with Crippen LogP contribution in [0.1, 0.15) is 26.7 Å². The Morgan fingerprint density at radius 1 is 1.00 bits per heavy atom. The highest BCUT2D eigenvalue weighted by Gasteiger charge is 2.56. The molecule has 0 aromatic rings. The van der Waals surface area contributed by atoms with Gasteiger partial charge >= 0.3 is 17.9 Å². The summed E-state index contributed by atoms with van der Waals surface area (Å²) in [6, 6.07) is 0. The van der Waals surface area contributed by atoms with Crippen LogP contribution in [0.15, 0.2) is 0 Å². The molecule has 0 aliphatic rings. The smallest absolute Gasteiger partial charge is 0.332 e. The number of esters is 1.